The molecule has 0 aliphatic carbocycles. The number of carbonyl (C=O) groups excluding carboxylic acids is 2. The molecule has 0 radical (unpaired) electrons. The summed E-state index contributed by atoms with van der Waals surface area (Å²) in [6.07, 6.45) is 4.79. The van der Waals surface area contributed by atoms with Crippen LogP contribution in [0.3, 0.4) is 0 Å². The lowest BCUT2D eigenvalue weighted by molar-refractivity contribution is -0.139. The Hall–Kier alpha value is -2.89. The number of nitrogens with one attached hydrogen (secondary N) is 1. The van der Waals surface area contributed by atoms with E-state index in [9.17, 15) is 9.59 Å². The molecule has 1 fully saturated rings. The minimum Gasteiger partial charge on any atom is -0.454 e. The first kappa shape index (κ1) is 17.9. The zero-order valence-electron chi connectivity index (χ0n) is 15.0. The van der Waals surface area contributed by atoms with Crippen LogP contribution in [-0.2, 0) is 9.59 Å². The number of hydrogen-bond acceptors (Lipinski definition) is 4. The molecule has 1 N–H and O–H groups in total. The van der Waals surface area contributed by atoms with Crippen LogP contribution in [0, 0.1) is 5.92 Å². The van der Waals surface area contributed by atoms with E-state index in [0.29, 0.717) is 30.2 Å². The molecule has 136 valence electrons. The third-order valence-corrected chi connectivity index (χ3v) is 4.34. The summed E-state index contributed by atoms with van der Waals surface area (Å²) < 4.78 is 5.83. The molecule has 1 atom stereocenters. The van der Waals surface area contributed by atoms with Crippen molar-refractivity contribution in [2.75, 3.05) is 11.9 Å². The Morgan fingerprint density at radius 3 is 2.77 bits per heavy atom. The highest BCUT2D eigenvalue weighted by Gasteiger charge is 2.35. The summed E-state index contributed by atoms with van der Waals surface area (Å²) in [7, 11) is 0. The van der Waals surface area contributed by atoms with Crippen molar-refractivity contribution < 1.29 is 14.3 Å². The van der Waals surface area contributed by atoms with Crippen molar-refractivity contribution in [3.8, 4) is 11.5 Å². The van der Waals surface area contributed by atoms with Crippen LogP contribution in [0.25, 0.3) is 0 Å². The van der Waals surface area contributed by atoms with E-state index in [2.05, 4.69) is 10.3 Å². The highest BCUT2D eigenvalue weighted by atomic mass is 16.5. The van der Waals surface area contributed by atoms with E-state index in [1.807, 2.05) is 26.0 Å². The monoisotopic (exact) mass is 353 g/mol. The second kappa shape index (κ2) is 7.99. The van der Waals surface area contributed by atoms with E-state index < -0.39 is 6.04 Å². The molecule has 3 rings (SSSR count). The van der Waals surface area contributed by atoms with Crippen molar-refractivity contribution in [3.63, 3.8) is 0 Å². The van der Waals surface area contributed by atoms with Crippen LogP contribution < -0.4 is 10.1 Å². The van der Waals surface area contributed by atoms with Crippen molar-refractivity contribution in [1.29, 1.82) is 0 Å². The van der Waals surface area contributed by atoms with Gasteiger partial charge in [0, 0.05) is 18.7 Å². The predicted octanol–water partition coefficient (Wildman–Crippen LogP) is 3.46. The fourth-order valence-electron chi connectivity index (χ4n) is 3.04. The number of hydrogen-bond donors (Lipinski definition) is 1. The Balaban J connectivity index is 1.74. The molecule has 0 bridgehead atoms. The van der Waals surface area contributed by atoms with Crippen molar-refractivity contribution in [1.82, 2.24) is 9.88 Å². The first-order valence-electron chi connectivity index (χ1n) is 8.84. The second-order valence-electron chi connectivity index (χ2n) is 6.62. The van der Waals surface area contributed by atoms with Gasteiger partial charge in [0.05, 0.1) is 11.9 Å². The fraction of sp³-hybridized carbons (Fsp3) is 0.350. The minimum atomic E-state index is -0.434. The van der Waals surface area contributed by atoms with E-state index in [-0.39, 0.29) is 17.7 Å². The Bertz CT molecular complexity index is 777. The van der Waals surface area contributed by atoms with Crippen molar-refractivity contribution in [2.24, 2.45) is 5.92 Å². The molecule has 2 heterocycles. The number of carbonyl (C=O) groups is 2. The Kier molecular flexibility index (Phi) is 5.51. The SMILES string of the molecule is CC(C)C(=O)N1CCC[C@H]1C(=O)Nc1ccccc1Oc1cccnc1. The van der Waals surface area contributed by atoms with Crippen LogP contribution in [0.2, 0.25) is 0 Å². The number of aromatic nitrogens is 1. The van der Waals surface area contributed by atoms with Gasteiger partial charge in [-0.1, -0.05) is 26.0 Å². The van der Waals surface area contributed by atoms with E-state index in [1.165, 1.54) is 0 Å². The highest BCUT2D eigenvalue weighted by Crippen LogP contribution is 2.30. The maximum absolute atomic E-state index is 12.8. The average molecular weight is 353 g/mol. The Labute approximate surface area is 153 Å². The molecule has 1 aromatic carbocycles. The van der Waals surface area contributed by atoms with Crippen LogP contribution in [-0.4, -0.2) is 34.3 Å². The molecule has 2 aromatic rings. The van der Waals surface area contributed by atoms with E-state index in [0.717, 1.165) is 6.42 Å². The van der Waals surface area contributed by atoms with Gasteiger partial charge in [-0.2, -0.15) is 0 Å². The molecule has 2 amide bonds. The number of pyridine rings is 1. The number of likely N-dealkylation sites (tertiary alicyclic amines) is 1. The molecule has 6 nitrogen and oxygen atoms in total. The van der Waals surface area contributed by atoms with E-state index in [4.69, 9.17) is 4.74 Å². The normalized spacial score (nSPS) is 16.6. The van der Waals surface area contributed by atoms with Gasteiger partial charge in [-0.25, -0.2) is 0 Å². The van der Waals surface area contributed by atoms with Gasteiger partial charge in [0.15, 0.2) is 5.75 Å². The summed E-state index contributed by atoms with van der Waals surface area (Å²) in [6, 6.07) is 10.4. The quantitative estimate of drug-likeness (QED) is 0.893. The number of amides is 2. The van der Waals surface area contributed by atoms with Gasteiger partial charge in [-0.05, 0) is 37.1 Å². The van der Waals surface area contributed by atoms with E-state index >= 15 is 0 Å². The Morgan fingerprint density at radius 1 is 1.23 bits per heavy atom. The fourth-order valence-corrected chi connectivity index (χ4v) is 3.04. The third-order valence-electron chi connectivity index (χ3n) is 4.34. The minimum absolute atomic E-state index is 0.0162. The first-order chi connectivity index (χ1) is 12.6. The number of ether oxygens (including phenoxy) is 1. The second-order valence-corrected chi connectivity index (χ2v) is 6.62. The van der Waals surface area contributed by atoms with Gasteiger partial charge in [0.2, 0.25) is 11.8 Å². The summed E-state index contributed by atoms with van der Waals surface area (Å²) in [5, 5.41) is 2.92. The van der Waals surface area contributed by atoms with Gasteiger partial charge in [0.1, 0.15) is 11.8 Å². The Morgan fingerprint density at radius 2 is 2.04 bits per heavy atom. The largest absolute Gasteiger partial charge is 0.454 e. The predicted molar refractivity (Wildman–Crippen MR) is 99.0 cm³/mol. The van der Waals surface area contributed by atoms with Gasteiger partial charge in [-0.3, -0.25) is 14.6 Å². The number of nitrogens with zero attached hydrogens (tertiary/aromatic N) is 2. The number of rotatable bonds is 5. The highest BCUT2D eigenvalue weighted by molar-refractivity contribution is 5.98. The summed E-state index contributed by atoms with van der Waals surface area (Å²) in [6.45, 7) is 4.34. The molecule has 1 aliphatic rings. The molecule has 0 unspecified atom stereocenters. The van der Waals surface area contributed by atoms with Crippen molar-refractivity contribution in [2.45, 2.75) is 32.7 Å². The smallest absolute Gasteiger partial charge is 0.247 e. The summed E-state index contributed by atoms with van der Waals surface area (Å²) >= 11 is 0. The topological polar surface area (TPSA) is 71.5 Å². The molecule has 0 saturated carbocycles. The maximum atomic E-state index is 12.8. The van der Waals surface area contributed by atoms with Crippen LogP contribution >= 0.6 is 0 Å². The molecular weight excluding hydrogens is 330 g/mol. The number of anilines is 1. The van der Waals surface area contributed by atoms with Gasteiger partial charge in [0.25, 0.3) is 0 Å². The van der Waals surface area contributed by atoms with Crippen LogP contribution in [0.4, 0.5) is 5.69 Å². The summed E-state index contributed by atoms with van der Waals surface area (Å²) in [4.78, 5) is 30.8. The zero-order chi connectivity index (χ0) is 18.5. The molecule has 1 aromatic heterocycles. The third kappa shape index (κ3) is 4.02. The molecule has 1 saturated heterocycles. The maximum Gasteiger partial charge on any atom is 0.247 e. The molecular formula is C20H23N3O3. The van der Waals surface area contributed by atoms with Crippen LogP contribution in [0.15, 0.2) is 48.8 Å². The van der Waals surface area contributed by atoms with Gasteiger partial charge >= 0.3 is 0 Å². The van der Waals surface area contributed by atoms with Gasteiger partial charge < -0.3 is 15.0 Å². The van der Waals surface area contributed by atoms with Crippen molar-refractivity contribution in [3.05, 3.63) is 48.8 Å². The first-order valence-corrected chi connectivity index (χ1v) is 8.84. The van der Waals surface area contributed by atoms with Crippen LogP contribution in [0.5, 0.6) is 11.5 Å². The van der Waals surface area contributed by atoms with Crippen molar-refractivity contribution >= 4 is 17.5 Å². The average Bonchev–Trinajstić information content (AvgIpc) is 3.13. The lowest BCUT2D eigenvalue weighted by atomic mass is 10.1. The molecule has 1 aliphatic heterocycles. The van der Waals surface area contributed by atoms with E-state index in [1.54, 1.807) is 41.6 Å². The lowest BCUT2D eigenvalue weighted by Crippen LogP contribution is -2.44. The summed E-state index contributed by atoms with van der Waals surface area (Å²) in [5.74, 6) is 0.839. The molecule has 0 spiro atoms. The molecule has 6 heteroatoms. The summed E-state index contributed by atoms with van der Waals surface area (Å²) in [5.41, 5.74) is 0.574. The molecule has 26 heavy (non-hydrogen) atoms. The zero-order valence-corrected chi connectivity index (χ0v) is 15.0. The standard InChI is InChI=1S/C20H23N3O3/c1-14(2)20(25)23-12-6-9-17(23)19(24)22-16-8-3-4-10-18(16)26-15-7-5-11-21-13-15/h3-5,7-8,10-11,13-14,17H,6,9,12H2,1-2H3,(H,22,24)/t17-/m0/s1. The van der Waals surface area contributed by atoms with Gasteiger partial charge in [-0.15, -0.1) is 0 Å². The number of para-hydroxylation sites is 2. The lowest BCUT2D eigenvalue weighted by Gasteiger charge is -2.26. The number of benzene rings is 1. The van der Waals surface area contributed by atoms with Crippen LogP contribution in [0.1, 0.15) is 26.7 Å².